The quantitative estimate of drug-likeness (QED) is 0.798. The highest BCUT2D eigenvalue weighted by molar-refractivity contribution is 5.56. The van der Waals surface area contributed by atoms with Crippen LogP contribution in [0, 0.1) is 11.3 Å². The maximum Gasteiger partial charge on any atom is 0.146 e. The number of pyridine rings is 1. The number of nitriles is 1. The molecule has 0 saturated carbocycles. The molecule has 0 aliphatic carbocycles. The van der Waals surface area contributed by atoms with Crippen molar-refractivity contribution in [3.05, 3.63) is 23.9 Å². The van der Waals surface area contributed by atoms with Crippen molar-refractivity contribution in [1.29, 1.82) is 5.26 Å². The maximum absolute atomic E-state index is 9.20. The van der Waals surface area contributed by atoms with Gasteiger partial charge in [-0.3, -0.25) is 0 Å². The number of piperidine rings is 1. The molecular formula is C14H17N3O. The van der Waals surface area contributed by atoms with Gasteiger partial charge in [-0.15, -0.1) is 0 Å². The second kappa shape index (κ2) is 4.58. The molecule has 2 atom stereocenters. The molecule has 18 heavy (non-hydrogen) atoms. The fourth-order valence-corrected chi connectivity index (χ4v) is 3.36. The summed E-state index contributed by atoms with van der Waals surface area (Å²) in [4.78, 5) is 6.78. The van der Waals surface area contributed by atoms with Crippen LogP contribution in [0.25, 0.3) is 0 Å². The third kappa shape index (κ3) is 1.75. The zero-order valence-corrected chi connectivity index (χ0v) is 10.5. The Morgan fingerprint density at radius 3 is 2.72 bits per heavy atom. The summed E-state index contributed by atoms with van der Waals surface area (Å²) >= 11 is 0. The predicted molar refractivity (Wildman–Crippen MR) is 68.3 cm³/mol. The van der Waals surface area contributed by atoms with Gasteiger partial charge in [0.25, 0.3) is 0 Å². The molecule has 3 heterocycles. The van der Waals surface area contributed by atoms with Gasteiger partial charge in [0, 0.05) is 25.4 Å². The molecule has 3 rings (SSSR count). The van der Waals surface area contributed by atoms with Crippen molar-refractivity contribution >= 4 is 5.82 Å². The SMILES string of the molecule is COC1CC2CCC(C1)N2c1ncccc1C#N. The molecule has 94 valence electrons. The molecule has 1 aromatic heterocycles. The van der Waals surface area contributed by atoms with E-state index in [1.807, 2.05) is 12.1 Å². The van der Waals surface area contributed by atoms with Crippen LogP contribution in [0.1, 0.15) is 31.2 Å². The number of rotatable bonds is 2. The Bertz CT molecular complexity index is 468. The maximum atomic E-state index is 9.20. The van der Waals surface area contributed by atoms with Crippen LogP contribution >= 0.6 is 0 Å². The molecule has 2 aliphatic rings. The Hall–Kier alpha value is -1.60. The van der Waals surface area contributed by atoms with Crippen LogP contribution in [0.15, 0.2) is 18.3 Å². The van der Waals surface area contributed by atoms with Crippen LogP contribution in [0.4, 0.5) is 5.82 Å². The van der Waals surface area contributed by atoms with E-state index in [1.165, 1.54) is 12.8 Å². The van der Waals surface area contributed by atoms with Crippen molar-refractivity contribution in [3.63, 3.8) is 0 Å². The van der Waals surface area contributed by atoms with Crippen molar-refractivity contribution in [1.82, 2.24) is 4.98 Å². The van der Waals surface area contributed by atoms with Gasteiger partial charge in [-0.25, -0.2) is 4.98 Å². The Morgan fingerprint density at radius 2 is 2.11 bits per heavy atom. The van der Waals surface area contributed by atoms with E-state index < -0.39 is 0 Å². The topological polar surface area (TPSA) is 49.1 Å². The summed E-state index contributed by atoms with van der Waals surface area (Å²) in [6.07, 6.45) is 6.62. The van der Waals surface area contributed by atoms with Gasteiger partial charge in [0.05, 0.1) is 11.7 Å². The van der Waals surface area contributed by atoms with E-state index in [2.05, 4.69) is 16.0 Å². The average molecular weight is 243 g/mol. The number of nitrogens with zero attached hydrogens (tertiary/aromatic N) is 3. The fraction of sp³-hybridized carbons (Fsp3) is 0.571. The van der Waals surface area contributed by atoms with Crippen molar-refractivity contribution in [2.75, 3.05) is 12.0 Å². The Morgan fingerprint density at radius 1 is 1.39 bits per heavy atom. The molecule has 4 heteroatoms. The minimum Gasteiger partial charge on any atom is -0.381 e. The molecule has 4 nitrogen and oxygen atoms in total. The summed E-state index contributed by atoms with van der Waals surface area (Å²) in [5.74, 6) is 0.863. The number of fused-ring (bicyclic) bond motifs is 2. The lowest BCUT2D eigenvalue weighted by atomic mass is 9.99. The van der Waals surface area contributed by atoms with E-state index in [-0.39, 0.29) is 0 Å². The highest BCUT2D eigenvalue weighted by atomic mass is 16.5. The number of anilines is 1. The standard InChI is InChI=1S/C14H17N3O/c1-18-13-7-11-4-5-12(8-13)17(11)14-10(9-15)3-2-6-16-14/h2-3,6,11-13H,4-5,7-8H2,1H3. The van der Waals surface area contributed by atoms with E-state index >= 15 is 0 Å². The number of aromatic nitrogens is 1. The van der Waals surface area contributed by atoms with Crippen LogP contribution in [0.2, 0.25) is 0 Å². The predicted octanol–water partition coefficient (Wildman–Crippen LogP) is 2.10. The Kier molecular flexibility index (Phi) is 2.92. The monoisotopic (exact) mass is 243 g/mol. The van der Waals surface area contributed by atoms with E-state index in [0.29, 0.717) is 23.8 Å². The second-order valence-corrected chi connectivity index (χ2v) is 5.11. The third-order valence-electron chi connectivity index (χ3n) is 4.17. The molecular weight excluding hydrogens is 226 g/mol. The zero-order chi connectivity index (χ0) is 12.5. The first-order chi connectivity index (χ1) is 8.83. The van der Waals surface area contributed by atoms with Gasteiger partial charge >= 0.3 is 0 Å². The first-order valence-electron chi connectivity index (χ1n) is 6.49. The molecule has 0 amide bonds. The van der Waals surface area contributed by atoms with E-state index in [4.69, 9.17) is 4.74 Å². The normalized spacial score (nSPS) is 30.2. The van der Waals surface area contributed by atoms with Crippen LogP contribution in [-0.4, -0.2) is 30.3 Å². The molecule has 0 N–H and O–H groups in total. The van der Waals surface area contributed by atoms with Crippen LogP contribution in [0.3, 0.4) is 0 Å². The lowest BCUT2D eigenvalue weighted by molar-refractivity contribution is 0.0682. The highest BCUT2D eigenvalue weighted by Crippen LogP contribution is 2.40. The molecule has 1 aromatic rings. The van der Waals surface area contributed by atoms with Gasteiger partial charge < -0.3 is 9.64 Å². The van der Waals surface area contributed by atoms with E-state index in [0.717, 1.165) is 18.7 Å². The Balaban J connectivity index is 1.92. The van der Waals surface area contributed by atoms with Crippen molar-refractivity contribution in [2.45, 2.75) is 43.9 Å². The number of ether oxygens (including phenoxy) is 1. The number of hydrogen-bond acceptors (Lipinski definition) is 4. The van der Waals surface area contributed by atoms with Crippen molar-refractivity contribution < 1.29 is 4.74 Å². The van der Waals surface area contributed by atoms with Gasteiger partial charge in [0.1, 0.15) is 11.9 Å². The van der Waals surface area contributed by atoms with Gasteiger partial charge in [0.2, 0.25) is 0 Å². The summed E-state index contributed by atoms with van der Waals surface area (Å²) in [5, 5.41) is 9.20. The summed E-state index contributed by atoms with van der Waals surface area (Å²) in [5.41, 5.74) is 0.685. The first kappa shape index (κ1) is 11.5. The highest BCUT2D eigenvalue weighted by Gasteiger charge is 2.42. The van der Waals surface area contributed by atoms with Crippen molar-refractivity contribution in [3.8, 4) is 6.07 Å². The minimum atomic E-state index is 0.369. The largest absolute Gasteiger partial charge is 0.381 e. The molecule has 2 fully saturated rings. The molecule has 2 aliphatic heterocycles. The van der Waals surface area contributed by atoms with E-state index in [1.54, 1.807) is 13.3 Å². The van der Waals surface area contributed by atoms with Crippen molar-refractivity contribution in [2.24, 2.45) is 0 Å². The van der Waals surface area contributed by atoms with Gasteiger partial charge in [-0.05, 0) is 37.8 Å². The van der Waals surface area contributed by atoms with Gasteiger partial charge in [-0.1, -0.05) is 0 Å². The Labute approximate surface area is 107 Å². The minimum absolute atomic E-state index is 0.369. The summed E-state index contributed by atoms with van der Waals surface area (Å²) in [6.45, 7) is 0. The summed E-state index contributed by atoms with van der Waals surface area (Å²) < 4.78 is 5.50. The molecule has 2 saturated heterocycles. The lowest BCUT2D eigenvalue weighted by Gasteiger charge is -2.39. The molecule has 0 spiro atoms. The van der Waals surface area contributed by atoms with Gasteiger partial charge in [-0.2, -0.15) is 5.26 Å². The van der Waals surface area contributed by atoms with E-state index in [9.17, 15) is 5.26 Å². The molecule has 0 radical (unpaired) electrons. The fourth-order valence-electron chi connectivity index (χ4n) is 3.36. The summed E-state index contributed by atoms with van der Waals surface area (Å²) in [7, 11) is 1.79. The first-order valence-corrected chi connectivity index (χ1v) is 6.49. The number of methoxy groups -OCH3 is 1. The zero-order valence-electron chi connectivity index (χ0n) is 10.5. The molecule has 0 aromatic carbocycles. The smallest absolute Gasteiger partial charge is 0.146 e. The second-order valence-electron chi connectivity index (χ2n) is 5.11. The average Bonchev–Trinajstić information content (AvgIpc) is 2.68. The number of hydrogen-bond donors (Lipinski definition) is 0. The molecule has 2 bridgehead atoms. The van der Waals surface area contributed by atoms with Crippen LogP contribution in [0.5, 0.6) is 0 Å². The molecule has 2 unspecified atom stereocenters. The third-order valence-corrected chi connectivity index (χ3v) is 4.17. The van der Waals surface area contributed by atoms with Crippen LogP contribution in [-0.2, 0) is 4.74 Å². The summed E-state index contributed by atoms with van der Waals surface area (Å²) in [6, 6.07) is 6.89. The lowest BCUT2D eigenvalue weighted by Crippen LogP contribution is -2.46. The van der Waals surface area contributed by atoms with Crippen LogP contribution < -0.4 is 4.90 Å². The van der Waals surface area contributed by atoms with Gasteiger partial charge in [0.15, 0.2) is 0 Å².